The Labute approximate surface area is 190 Å². The lowest BCUT2D eigenvalue weighted by atomic mass is 9.94. The van der Waals surface area contributed by atoms with Gasteiger partial charge in [0.15, 0.2) is 0 Å². The summed E-state index contributed by atoms with van der Waals surface area (Å²) >= 11 is 0. The Hall–Kier alpha value is -4.22. The molecule has 8 heteroatoms. The lowest BCUT2D eigenvalue weighted by molar-refractivity contribution is -0.142. The molecule has 33 heavy (non-hydrogen) atoms. The average Bonchev–Trinajstić information content (AvgIpc) is 3.37. The second-order valence-corrected chi connectivity index (χ2v) is 8.25. The molecule has 0 spiro atoms. The van der Waals surface area contributed by atoms with Crippen LogP contribution in [0.25, 0.3) is 21.8 Å². The summed E-state index contributed by atoms with van der Waals surface area (Å²) in [6.07, 6.45) is 9.45. The Kier molecular flexibility index (Phi) is 5.82. The van der Waals surface area contributed by atoms with Crippen LogP contribution in [0, 0.1) is 12.5 Å². The van der Waals surface area contributed by atoms with E-state index in [4.69, 9.17) is 16.9 Å². The van der Waals surface area contributed by atoms with Crippen LogP contribution in [0.1, 0.15) is 18.1 Å². The zero-order valence-corrected chi connectivity index (χ0v) is 18.0. The number of esters is 1. The molecular weight excluding hydrogens is 420 g/mol. The summed E-state index contributed by atoms with van der Waals surface area (Å²) in [5.74, 6) is -1.30. The molecule has 2 aromatic heterocycles. The van der Waals surface area contributed by atoms with E-state index in [-0.39, 0.29) is 6.42 Å². The van der Waals surface area contributed by atoms with E-state index in [0.29, 0.717) is 17.7 Å². The van der Waals surface area contributed by atoms with E-state index in [1.165, 1.54) is 6.92 Å². The summed E-state index contributed by atoms with van der Waals surface area (Å²) in [4.78, 5) is 30.6. The van der Waals surface area contributed by atoms with Gasteiger partial charge in [-0.2, -0.15) is 0 Å². The fourth-order valence-corrected chi connectivity index (χ4v) is 3.84. The summed E-state index contributed by atoms with van der Waals surface area (Å²) in [6.45, 7) is 1.46. The van der Waals surface area contributed by atoms with Gasteiger partial charge >= 0.3 is 11.9 Å². The summed E-state index contributed by atoms with van der Waals surface area (Å²) in [5.41, 5.74) is 7.89. The molecule has 4 aromatic rings. The van der Waals surface area contributed by atoms with Crippen molar-refractivity contribution < 1.29 is 19.4 Å². The third kappa shape index (κ3) is 4.54. The number of carboxylic acid groups (broad SMARTS) is 1. The molecule has 0 bridgehead atoms. The molecule has 0 aliphatic heterocycles. The molecule has 0 amide bonds. The fraction of sp³-hybridized carbons (Fsp3) is 0.200. The first-order valence-corrected chi connectivity index (χ1v) is 10.4. The smallest absolute Gasteiger partial charge is 0.334 e. The van der Waals surface area contributed by atoms with Gasteiger partial charge in [-0.3, -0.25) is 4.79 Å². The van der Waals surface area contributed by atoms with Gasteiger partial charge in [-0.15, -0.1) is 0 Å². The van der Waals surface area contributed by atoms with Gasteiger partial charge in [0.25, 0.3) is 0 Å². The first-order valence-electron chi connectivity index (χ1n) is 10.4. The highest BCUT2D eigenvalue weighted by molar-refractivity contribution is 5.88. The molecule has 0 saturated heterocycles. The van der Waals surface area contributed by atoms with Crippen molar-refractivity contribution in [2.24, 2.45) is 5.73 Å². The average molecular weight is 444 g/mol. The summed E-state index contributed by atoms with van der Waals surface area (Å²) in [6, 6.07) is 14.5. The van der Waals surface area contributed by atoms with E-state index >= 15 is 0 Å². The van der Waals surface area contributed by atoms with Crippen molar-refractivity contribution in [1.29, 1.82) is 0 Å². The molecule has 2 aromatic carbocycles. The van der Waals surface area contributed by atoms with Gasteiger partial charge < -0.3 is 30.9 Å². The minimum Gasteiger partial charge on any atom is -0.480 e. The zero-order chi connectivity index (χ0) is 23.6. The number of fused-ring (bicyclic) bond motifs is 2. The predicted molar refractivity (Wildman–Crippen MR) is 126 cm³/mol. The van der Waals surface area contributed by atoms with Crippen LogP contribution in [0.2, 0.25) is 0 Å². The first kappa shape index (κ1) is 22.0. The van der Waals surface area contributed by atoms with Crippen molar-refractivity contribution >= 4 is 33.7 Å². The second kappa shape index (κ2) is 8.73. The zero-order valence-electron chi connectivity index (χ0n) is 18.0. The number of H-pyrrole nitrogens is 2. The summed E-state index contributed by atoms with van der Waals surface area (Å²) < 4.78 is 5.63. The number of para-hydroxylation sites is 1. The molecule has 0 radical (unpaired) electrons. The number of benzene rings is 2. The van der Waals surface area contributed by atoms with Crippen molar-refractivity contribution in [2.45, 2.75) is 31.3 Å². The Morgan fingerprint density at radius 1 is 1.15 bits per heavy atom. The number of terminal acetylenes is 1. The number of carbonyl (C=O) groups is 2. The molecule has 2 heterocycles. The van der Waals surface area contributed by atoms with Crippen LogP contribution in [0.4, 0.5) is 0 Å². The number of carbonyl (C=O) groups excluding carboxylic acids is 1. The second-order valence-electron chi connectivity index (χ2n) is 8.25. The van der Waals surface area contributed by atoms with Crippen LogP contribution in [0.5, 0.6) is 5.75 Å². The van der Waals surface area contributed by atoms with E-state index in [1.807, 2.05) is 30.5 Å². The molecule has 8 nitrogen and oxygen atoms in total. The van der Waals surface area contributed by atoms with Gasteiger partial charge in [-0.25, -0.2) is 4.79 Å². The first-order chi connectivity index (χ1) is 15.8. The Morgan fingerprint density at radius 2 is 1.85 bits per heavy atom. The van der Waals surface area contributed by atoms with E-state index in [0.717, 1.165) is 27.4 Å². The minimum absolute atomic E-state index is 0.113. The monoisotopic (exact) mass is 444 g/mol. The van der Waals surface area contributed by atoms with Crippen molar-refractivity contribution in [3.05, 3.63) is 66.0 Å². The van der Waals surface area contributed by atoms with Gasteiger partial charge in [0.2, 0.25) is 0 Å². The highest BCUT2D eigenvalue weighted by Gasteiger charge is 2.29. The number of aromatic nitrogens is 2. The molecule has 168 valence electrons. The number of aliphatic carboxylic acids is 1. The van der Waals surface area contributed by atoms with E-state index in [1.54, 1.807) is 24.4 Å². The molecule has 2 atom stereocenters. The normalized spacial score (nSPS) is 13.8. The quantitative estimate of drug-likeness (QED) is 0.123. The summed E-state index contributed by atoms with van der Waals surface area (Å²) in [7, 11) is 0. The van der Waals surface area contributed by atoms with Crippen molar-refractivity contribution in [3.63, 3.8) is 0 Å². The molecular formula is C25H24N4O4. The van der Waals surface area contributed by atoms with Crippen LogP contribution in [-0.2, 0) is 22.4 Å². The van der Waals surface area contributed by atoms with Crippen LogP contribution < -0.4 is 15.8 Å². The Bertz CT molecular complexity index is 1380. The number of ether oxygens (including phenoxy) is 1. The minimum atomic E-state index is -1.43. The van der Waals surface area contributed by atoms with Gasteiger partial charge in [0.05, 0.1) is 0 Å². The molecule has 0 saturated carbocycles. The maximum atomic E-state index is 12.9. The highest BCUT2D eigenvalue weighted by Crippen LogP contribution is 2.27. The van der Waals surface area contributed by atoms with Crippen LogP contribution in [0.3, 0.4) is 0 Å². The third-order valence-electron chi connectivity index (χ3n) is 5.64. The molecule has 0 fully saturated rings. The number of hydrogen-bond donors (Lipinski definition) is 5. The van der Waals surface area contributed by atoms with Crippen molar-refractivity contribution in [3.8, 4) is 18.2 Å². The largest absolute Gasteiger partial charge is 0.480 e. The van der Waals surface area contributed by atoms with Crippen LogP contribution in [0.15, 0.2) is 54.9 Å². The molecule has 0 unspecified atom stereocenters. The molecule has 0 aliphatic carbocycles. The maximum Gasteiger partial charge on any atom is 0.334 e. The highest BCUT2D eigenvalue weighted by atomic mass is 16.5. The van der Waals surface area contributed by atoms with E-state index in [9.17, 15) is 14.7 Å². The lowest BCUT2D eigenvalue weighted by Crippen LogP contribution is -2.46. The molecule has 6 N–H and O–H groups in total. The standard InChI is InChI=1S/C25H24N4O4/c1-3-27-22(10-15-13-28-20-7-5-4-6-18(15)20)23(30)33-17-8-9-21-19(11-17)16(14-29-21)12-25(2,26)24(31)32/h1,4-9,11,13-14,22,27-29H,10,12,26H2,2H3,(H,31,32)/t22-,25-/m0/s1. The third-order valence-corrected chi connectivity index (χ3v) is 5.64. The fourth-order valence-electron chi connectivity index (χ4n) is 3.84. The lowest BCUT2D eigenvalue weighted by Gasteiger charge is -2.18. The molecule has 4 rings (SSSR count). The van der Waals surface area contributed by atoms with Crippen molar-refractivity contribution in [1.82, 2.24) is 15.3 Å². The number of nitrogens with one attached hydrogen (secondary N) is 3. The van der Waals surface area contributed by atoms with E-state index in [2.05, 4.69) is 21.3 Å². The number of carboxylic acids is 1. The summed E-state index contributed by atoms with van der Waals surface area (Å²) in [5, 5.41) is 13.8. The van der Waals surface area contributed by atoms with Gasteiger partial charge in [-0.05, 0) is 42.3 Å². The molecule has 0 aliphatic rings. The number of hydrogen-bond acceptors (Lipinski definition) is 5. The van der Waals surface area contributed by atoms with Crippen molar-refractivity contribution in [2.75, 3.05) is 0 Å². The SMILES string of the molecule is C#CN[C@@H](Cc1c[nH]c2ccccc12)C(=O)Oc1ccc2[nH]cc(C[C@](C)(N)C(=O)O)c2c1. The Balaban J connectivity index is 1.55. The number of nitrogens with two attached hydrogens (primary N) is 1. The maximum absolute atomic E-state index is 12.9. The van der Waals surface area contributed by atoms with Gasteiger partial charge in [0.1, 0.15) is 17.3 Å². The predicted octanol–water partition coefficient (Wildman–Crippen LogP) is 2.69. The van der Waals surface area contributed by atoms with Gasteiger partial charge in [-0.1, -0.05) is 24.6 Å². The van der Waals surface area contributed by atoms with Crippen LogP contribution >= 0.6 is 0 Å². The number of rotatable bonds is 8. The number of aromatic amines is 2. The Morgan fingerprint density at radius 3 is 2.58 bits per heavy atom. The topological polar surface area (TPSA) is 133 Å². The van der Waals surface area contributed by atoms with Gasteiger partial charge in [0, 0.05) is 53.1 Å². The van der Waals surface area contributed by atoms with E-state index < -0.39 is 23.5 Å². The van der Waals surface area contributed by atoms with Crippen LogP contribution in [-0.4, -0.2) is 38.6 Å².